The molecule has 4 aliphatic rings. The van der Waals surface area contributed by atoms with Crippen molar-refractivity contribution < 1.29 is 24.2 Å². The van der Waals surface area contributed by atoms with E-state index in [0.717, 1.165) is 29.8 Å². The minimum absolute atomic E-state index is 0.108. The number of carbonyl (C=O) groups excluding carboxylic acids is 3. The van der Waals surface area contributed by atoms with Gasteiger partial charge in [0.25, 0.3) is 0 Å². The van der Waals surface area contributed by atoms with Gasteiger partial charge in [-0.25, -0.2) is 0 Å². The number of benzene rings is 2. The molecule has 2 aromatic rings. The van der Waals surface area contributed by atoms with Crippen LogP contribution in [0.25, 0.3) is 0 Å². The number of carbonyl (C=O) groups is 3. The molecule has 2 saturated heterocycles. The van der Waals surface area contributed by atoms with E-state index < -0.39 is 33.4 Å². The maximum Gasteiger partial charge on any atom is 0.247 e. The van der Waals surface area contributed by atoms with Crippen molar-refractivity contribution in [1.82, 2.24) is 9.80 Å². The highest BCUT2D eigenvalue weighted by Gasteiger charge is 2.74. The number of hydrogen-bond acceptors (Lipinski definition) is 6. The lowest BCUT2D eigenvalue weighted by atomic mass is 9.74. The van der Waals surface area contributed by atoms with E-state index in [4.69, 9.17) is 4.74 Å². The average Bonchev–Trinajstić information content (AvgIpc) is 3.32. The zero-order valence-electron chi connectivity index (χ0n) is 26.3. The molecule has 4 aliphatic heterocycles. The second kappa shape index (κ2) is 12.7. The van der Waals surface area contributed by atoms with E-state index in [-0.39, 0.29) is 24.3 Å². The molecule has 3 amide bonds. The number of amides is 3. The predicted octanol–water partition coefficient (Wildman–Crippen LogP) is 4.48. The average molecular weight is 630 g/mol. The lowest BCUT2D eigenvalue weighted by Gasteiger charge is -2.40. The maximum absolute atomic E-state index is 14.9. The van der Waals surface area contributed by atoms with E-state index in [0.29, 0.717) is 32.7 Å². The second-order valence-electron chi connectivity index (χ2n) is 12.6. The van der Waals surface area contributed by atoms with Crippen LogP contribution in [0.1, 0.15) is 39.2 Å². The Hall–Kier alpha value is -3.56. The van der Waals surface area contributed by atoms with Gasteiger partial charge in [0.2, 0.25) is 17.7 Å². The third-order valence-electron chi connectivity index (χ3n) is 9.74. The fraction of sp³-hybridized carbons (Fsp3) is 0.472. The minimum Gasteiger partial charge on any atom is -0.494 e. The predicted molar refractivity (Wildman–Crippen MR) is 177 cm³/mol. The van der Waals surface area contributed by atoms with Crippen LogP contribution in [0.3, 0.4) is 0 Å². The number of likely N-dealkylation sites (tertiary alicyclic amines) is 1. The molecule has 0 aromatic heterocycles. The summed E-state index contributed by atoms with van der Waals surface area (Å²) < 4.78 is 3.95. The number of ether oxygens (including phenoxy) is 1. The molecule has 45 heavy (non-hydrogen) atoms. The molecule has 0 aliphatic carbocycles. The number of fused-ring (bicyclic) bond motifs is 2. The van der Waals surface area contributed by atoms with Gasteiger partial charge < -0.3 is 24.5 Å². The van der Waals surface area contributed by atoms with Gasteiger partial charge in [-0.15, -0.1) is 11.8 Å². The Labute approximate surface area is 270 Å². The largest absolute Gasteiger partial charge is 0.494 e. The van der Waals surface area contributed by atoms with Gasteiger partial charge in [0, 0.05) is 30.1 Å². The highest BCUT2D eigenvalue weighted by molar-refractivity contribution is 8.02. The Bertz CT molecular complexity index is 1480. The summed E-state index contributed by atoms with van der Waals surface area (Å²) in [7, 11) is 0. The molecule has 1 N–H and O–H groups in total. The van der Waals surface area contributed by atoms with Gasteiger partial charge in [0.15, 0.2) is 0 Å². The standard InChI is InChI=1S/C36H43N3O5S/c1-4-6-20-37-21-11-19-36-30(33(42)39(31(36)34(37)43)27(24-40)23-25-12-8-7-9-13-25)29-32(41)38(22-10-18-35(29,3)45-36)26-14-16-28(17-15-26)44-5-2/h7-19,27,29-31,40H,4-6,20-24H2,1-3H3/t27-,29-,30+,31?,35+,36+/m1/s1. The molecule has 238 valence electrons. The monoisotopic (exact) mass is 629 g/mol. The van der Waals surface area contributed by atoms with Gasteiger partial charge in [0.05, 0.1) is 35.8 Å². The summed E-state index contributed by atoms with van der Waals surface area (Å²) in [6.07, 6.45) is 10.4. The quantitative estimate of drug-likeness (QED) is 0.390. The molecule has 2 fully saturated rings. The lowest BCUT2D eigenvalue weighted by molar-refractivity contribution is -0.145. The molecule has 2 aromatic carbocycles. The van der Waals surface area contributed by atoms with Crippen LogP contribution in [0, 0.1) is 11.8 Å². The van der Waals surface area contributed by atoms with Crippen LogP contribution in [-0.4, -0.2) is 87.1 Å². The van der Waals surface area contributed by atoms with E-state index in [1.54, 1.807) is 21.6 Å². The van der Waals surface area contributed by atoms with E-state index in [9.17, 15) is 19.5 Å². The van der Waals surface area contributed by atoms with Crippen LogP contribution in [0.4, 0.5) is 5.69 Å². The summed E-state index contributed by atoms with van der Waals surface area (Å²) >= 11 is 1.57. The van der Waals surface area contributed by atoms with Crippen LogP contribution in [0.15, 0.2) is 78.9 Å². The normalized spacial score (nSPS) is 29.7. The fourth-order valence-corrected chi connectivity index (χ4v) is 9.85. The third-order valence-corrected chi connectivity index (χ3v) is 11.5. The summed E-state index contributed by atoms with van der Waals surface area (Å²) in [4.78, 5) is 49.5. The Balaban J connectivity index is 1.44. The number of aliphatic hydroxyl groups excluding tert-OH is 1. The number of hydrogen-bond donors (Lipinski definition) is 1. The molecule has 8 nitrogen and oxygen atoms in total. The van der Waals surface area contributed by atoms with Crippen molar-refractivity contribution in [2.45, 2.75) is 61.6 Å². The second-order valence-corrected chi connectivity index (χ2v) is 14.4. The highest BCUT2D eigenvalue weighted by Crippen LogP contribution is 2.66. The van der Waals surface area contributed by atoms with E-state index in [1.807, 2.05) is 91.6 Å². The Kier molecular flexibility index (Phi) is 8.85. The number of rotatable bonds is 10. The van der Waals surface area contributed by atoms with Crippen LogP contribution in [0.2, 0.25) is 0 Å². The molecular weight excluding hydrogens is 586 g/mol. The molecule has 0 saturated carbocycles. The Morgan fingerprint density at radius 3 is 2.36 bits per heavy atom. The van der Waals surface area contributed by atoms with Gasteiger partial charge in [0.1, 0.15) is 11.8 Å². The molecule has 0 bridgehead atoms. The van der Waals surface area contributed by atoms with Crippen molar-refractivity contribution in [3.8, 4) is 5.75 Å². The van der Waals surface area contributed by atoms with Gasteiger partial charge in [-0.1, -0.05) is 68.0 Å². The van der Waals surface area contributed by atoms with Crippen molar-refractivity contribution in [2.75, 3.05) is 37.7 Å². The first kappa shape index (κ1) is 31.4. The Morgan fingerprint density at radius 2 is 1.67 bits per heavy atom. The molecule has 9 heteroatoms. The summed E-state index contributed by atoms with van der Waals surface area (Å²) in [6, 6.07) is 15.8. The van der Waals surface area contributed by atoms with Gasteiger partial charge in [-0.3, -0.25) is 14.4 Å². The van der Waals surface area contributed by atoms with Gasteiger partial charge in [-0.2, -0.15) is 0 Å². The Morgan fingerprint density at radius 1 is 0.933 bits per heavy atom. The summed E-state index contributed by atoms with van der Waals surface area (Å²) in [5.41, 5.74) is 1.71. The first-order valence-electron chi connectivity index (χ1n) is 16.1. The van der Waals surface area contributed by atoms with Crippen LogP contribution in [0.5, 0.6) is 5.75 Å². The van der Waals surface area contributed by atoms with Crippen LogP contribution >= 0.6 is 11.8 Å². The fourth-order valence-electron chi connectivity index (χ4n) is 7.71. The third kappa shape index (κ3) is 5.37. The maximum atomic E-state index is 14.9. The number of unbranched alkanes of at least 4 members (excludes halogenated alkanes) is 1. The zero-order valence-corrected chi connectivity index (χ0v) is 27.1. The smallest absolute Gasteiger partial charge is 0.247 e. The molecule has 4 heterocycles. The van der Waals surface area contributed by atoms with Crippen molar-refractivity contribution in [1.29, 1.82) is 0 Å². The van der Waals surface area contributed by atoms with E-state index in [1.165, 1.54) is 0 Å². The topological polar surface area (TPSA) is 90.4 Å². The zero-order chi connectivity index (χ0) is 31.8. The summed E-state index contributed by atoms with van der Waals surface area (Å²) in [6.45, 7) is 7.75. The van der Waals surface area contributed by atoms with Crippen molar-refractivity contribution in [3.05, 3.63) is 84.5 Å². The molecule has 6 rings (SSSR count). The summed E-state index contributed by atoms with van der Waals surface area (Å²) in [5.74, 6) is -1.22. The number of aliphatic hydroxyl groups is 1. The van der Waals surface area contributed by atoms with Crippen molar-refractivity contribution in [2.24, 2.45) is 11.8 Å². The number of anilines is 1. The van der Waals surface area contributed by atoms with E-state index in [2.05, 4.69) is 13.0 Å². The number of thioether (sulfide) groups is 1. The minimum atomic E-state index is -0.958. The molecule has 0 radical (unpaired) electrons. The molecule has 6 atom stereocenters. The summed E-state index contributed by atoms with van der Waals surface area (Å²) in [5, 5.41) is 10.8. The molecule has 1 unspecified atom stereocenters. The SMILES string of the molecule is CCCCN1CC=C[C@]23S[C@@]4(C)C=CCN(c5ccc(OCC)cc5)C(=O)[C@H]4[C@H]2C(=O)N([C@@H](CO)Cc2ccccc2)C3C1=O. The lowest BCUT2D eigenvalue weighted by Crippen LogP contribution is -2.57. The van der Waals surface area contributed by atoms with Gasteiger partial charge >= 0.3 is 0 Å². The van der Waals surface area contributed by atoms with Gasteiger partial charge in [-0.05, 0) is 56.5 Å². The van der Waals surface area contributed by atoms with Crippen LogP contribution in [-0.2, 0) is 20.8 Å². The van der Waals surface area contributed by atoms with Crippen molar-refractivity contribution >= 4 is 35.2 Å². The molecule has 1 spiro atoms. The first-order valence-corrected chi connectivity index (χ1v) is 16.9. The van der Waals surface area contributed by atoms with Crippen molar-refractivity contribution in [3.63, 3.8) is 0 Å². The first-order chi connectivity index (χ1) is 21.8. The van der Waals surface area contributed by atoms with Crippen LogP contribution < -0.4 is 9.64 Å². The highest BCUT2D eigenvalue weighted by atomic mass is 32.2. The van der Waals surface area contributed by atoms with E-state index >= 15 is 0 Å². The number of nitrogens with zero attached hydrogens (tertiary/aromatic N) is 3. The molecular formula is C36H43N3O5S.